The van der Waals surface area contributed by atoms with Crippen LogP contribution in [0.3, 0.4) is 0 Å². The van der Waals surface area contributed by atoms with E-state index in [1.165, 1.54) is 0 Å². The van der Waals surface area contributed by atoms with Crippen LogP contribution in [0.1, 0.15) is 48.3 Å². The van der Waals surface area contributed by atoms with Gasteiger partial charge in [-0.2, -0.15) is 4.98 Å². The number of aromatic nitrogens is 6. The van der Waals surface area contributed by atoms with Crippen molar-refractivity contribution in [2.45, 2.75) is 44.6 Å². The number of amides is 1. The van der Waals surface area contributed by atoms with Crippen molar-refractivity contribution in [3.05, 3.63) is 53.4 Å². The SMILES string of the molecule is O=C(NCCc1nc(Cc2ccccc2)no1)[C@H]1CCCCn2nnnc21. The van der Waals surface area contributed by atoms with Crippen LogP contribution in [-0.4, -0.2) is 42.8 Å². The van der Waals surface area contributed by atoms with Gasteiger partial charge in [0.05, 0.1) is 5.92 Å². The van der Waals surface area contributed by atoms with Gasteiger partial charge in [0, 0.05) is 25.9 Å². The zero-order valence-electron chi connectivity index (χ0n) is 14.9. The smallest absolute Gasteiger partial charge is 0.230 e. The molecule has 1 aromatic carbocycles. The molecule has 1 atom stereocenters. The lowest BCUT2D eigenvalue weighted by atomic mass is 10.0. The number of tetrazole rings is 1. The molecule has 0 saturated heterocycles. The van der Waals surface area contributed by atoms with Crippen LogP contribution in [0.5, 0.6) is 0 Å². The summed E-state index contributed by atoms with van der Waals surface area (Å²) in [6.45, 7) is 1.20. The summed E-state index contributed by atoms with van der Waals surface area (Å²) < 4.78 is 7.01. The summed E-state index contributed by atoms with van der Waals surface area (Å²) in [6, 6.07) is 9.99. The number of carbonyl (C=O) groups excluding carboxylic acids is 1. The fourth-order valence-corrected chi connectivity index (χ4v) is 3.27. The van der Waals surface area contributed by atoms with E-state index < -0.39 is 0 Å². The molecular formula is C18H21N7O2. The lowest BCUT2D eigenvalue weighted by Crippen LogP contribution is -2.32. The topological polar surface area (TPSA) is 112 Å². The number of hydrogen-bond acceptors (Lipinski definition) is 7. The monoisotopic (exact) mass is 367 g/mol. The maximum atomic E-state index is 12.6. The lowest BCUT2D eigenvalue weighted by molar-refractivity contribution is -0.122. The van der Waals surface area contributed by atoms with Crippen molar-refractivity contribution < 1.29 is 9.32 Å². The Balaban J connectivity index is 1.29. The number of rotatable bonds is 6. The van der Waals surface area contributed by atoms with Gasteiger partial charge in [0.2, 0.25) is 11.8 Å². The molecule has 4 rings (SSSR count). The Hall–Kier alpha value is -3.10. The van der Waals surface area contributed by atoms with Crippen LogP contribution >= 0.6 is 0 Å². The molecule has 1 aliphatic heterocycles. The van der Waals surface area contributed by atoms with Crippen molar-refractivity contribution in [3.63, 3.8) is 0 Å². The second kappa shape index (κ2) is 8.07. The summed E-state index contributed by atoms with van der Waals surface area (Å²) in [6.07, 6.45) is 3.82. The van der Waals surface area contributed by atoms with Crippen molar-refractivity contribution in [1.82, 2.24) is 35.7 Å². The van der Waals surface area contributed by atoms with E-state index in [1.54, 1.807) is 4.68 Å². The number of nitrogens with one attached hydrogen (secondary N) is 1. The summed E-state index contributed by atoms with van der Waals surface area (Å²) in [5, 5.41) is 18.6. The summed E-state index contributed by atoms with van der Waals surface area (Å²) >= 11 is 0. The van der Waals surface area contributed by atoms with E-state index in [1.807, 2.05) is 30.3 Å². The summed E-state index contributed by atoms with van der Waals surface area (Å²) in [4.78, 5) is 17.0. The van der Waals surface area contributed by atoms with E-state index in [4.69, 9.17) is 4.52 Å². The Morgan fingerprint density at radius 1 is 1.26 bits per heavy atom. The van der Waals surface area contributed by atoms with E-state index in [0.29, 0.717) is 36.9 Å². The average molecular weight is 367 g/mol. The van der Waals surface area contributed by atoms with Gasteiger partial charge in [0.15, 0.2) is 11.6 Å². The quantitative estimate of drug-likeness (QED) is 0.698. The predicted octanol–water partition coefficient (Wildman–Crippen LogP) is 1.27. The normalized spacial score (nSPS) is 16.5. The zero-order valence-corrected chi connectivity index (χ0v) is 14.9. The average Bonchev–Trinajstić information content (AvgIpc) is 3.28. The molecule has 140 valence electrons. The number of carbonyl (C=O) groups is 1. The second-order valence-electron chi connectivity index (χ2n) is 6.62. The number of fused-ring (bicyclic) bond motifs is 1. The third-order valence-corrected chi connectivity index (χ3v) is 4.65. The number of aryl methyl sites for hydroxylation is 1. The molecule has 3 heterocycles. The Bertz CT molecular complexity index is 890. The fraction of sp³-hybridized carbons (Fsp3) is 0.444. The summed E-state index contributed by atoms with van der Waals surface area (Å²) in [5.74, 6) is 1.45. The van der Waals surface area contributed by atoms with Gasteiger partial charge >= 0.3 is 0 Å². The largest absolute Gasteiger partial charge is 0.355 e. The Morgan fingerprint density at radius 2 is 2.15 bits per heavy atom. The van der Waals surface area contributed by atoms with Crippen molar-refractivity contribution in [2.24, 2.45) is 0 Å². The van der Waals surface area contributed by atoms with Crippen LogP contribution in [0.2, 0.25) is 0 Å². The molecule has 0 unspecified atom stereocenters. The first kappa shape index (κ1) is 17.3. The van der Waals surface area contributed by atoms with Crippen LogP contribution in [0.25, 0.3) is 0 Å². The van der Waals surface area contributed by atoms with Gasteiger partial charge in [-0.25, -0.2) is 4.68 Å². The van der Waals surface area contributed by atoms with Gasteiger partial charge in [0.25, 0.3) is 0 Å². The molecule has 0 fully saturated rings. The maximum absolute atomic E-state index is 12.6. The van der Waals surface area contributed by atoms with Gasteiger partial charge in [-0.05, 0) is 28.8 Å². The number of hydrogen-bond donors (Lipinski definition) is 1. The van der Waals surface area contributed by atoms with E-state index in [-0.39, 0.29) is 11.8 Å². The van der Waals surface area contributed by atoms with Crippen molar-refractivity contribution in [2.75, 3.05) is 6.54 Å². The molecule has 0 spiro atoms. The molecule has 1 amide bonds. The van der Waals surface area contributed by atoms with E-state index in [2.05, 4.69) is 31.0 Å². The molecule has 9 nitrogen and oxygen atoms in total. The molecule has 0 radical (unpaired) electrons. The van der Waals surface area contributed by atoms with Gasteiger partial charge in [-0.15, -0.1) is 5.10 Å². The van der Waals surface area contributed by atoms with Crippen LogP contribution in [0, 0.1) is 0 Å². The van der Waals surface area contributed by atoms with Gasteiger partial charge in [-0.1, -0.05) is 41.9 Å². The van der Waals surface area contributed by atoms with E-state index >= 15 is 0 Å². The molecule has 0 saturated carbocycles. The first-order valence-corrected chi connectivity index (χ1v) is 9.19. The standard InChI is InChI=1S/C18H21N7O2/c26-18(14-8-4-5-11-25-17(14)21-23-24-25)19-10-9-16-20-15(22-27-16)12-13-6-2-1-3-7-13/h1-3,6-7,14H,4-5,8-12H2,(H,19,26)/t14-/m0/s1. The minimum absolute atomic E-state index is 0.0584. The minimum Gasteiger partial charge on any atom is -0.355 e. The fourth-order valence-electron chi connectivity index (χ4n) is 3.27. The first-order valence-electron chi connectivity index (χ1n) is 9.19. The van der Waals surface area contributed by atoms with Crippen LogP contribution < -0.4 is 5.32 Å². The molecule has 3 aromatic rings. The number of benzene rings is 1. The van der Waals surface area contributed by atoms with Crippen LogP contribution in [-0.2, 0) is 24.2 Å². The molecule has 1 aliphatic rings. The maximum Gasteiger partial charge on any atom is 0.230 e. The highest BCUT2D eigenvalue weighted by Gasteiger charge is 2.28. The van der Waals surface area contributed by atoms with Gasteiger partial charge in [-0.3, -0.25) is 4.79 Å². The Morgan fingerprint density at radius 3 is 3.04 bits per heavy atom. The molecule has 2 aromatic heterocycles. The van der Waals surface area contributed by atoms with Crippen LogP contribution in [0.4, 0.5) is 0 Å². The number of nitrogens with zero attached hydrogens (tertiary/aromatic N) is 6. The van der Waals surface area contributed by atoms with E-state index in [9.17, 15) is 4.79 Å². The lowest BCUT2D eigenvalue weighted by Gasteiger charge is -2.12. The molecule has 27 heavy (non-hydrogen) atoms. The van der Waals surface area contributed by atoms with Crippen LogP contribution in [0.15, 0.2) is 34.9 Å². The molecule has 9 heteroatoms. The zero-order chi connectivity index (χ0) is 18.5. The minimum atomic E-state index is -0.307. The summed E-state index contributed by atoms with van der Waals surface area (Å²) in [7, 11) is 0. The van der Waals surface area contributed by atoms with Crippen molar-refractivity contribution in [3.8, 4) is 0 Å². The van der Waals surface area contributed by atoms with Gasteiger partial charge in [0.1, 0.15) is 0 Å². The van der Waals surface area contributed by atoms with Crippen molar-refractivity contribution in [1.29, 1.82) is 0 Å². The Kier molecular flexibility index (Phi) is 5.17. The summed E-state index contributed by atoms with van der Waals surface area (Å²) in [5.41, 5.74) is 1.13. The highest BCUT2D eigenvalue weighted by Crippen LogP contribution is 2.23. The molecule has 1 N–H and O–H groups in total. The third-order valence-electron chi connectivity index (χ3n) is 4.65. The second-order valence-corrected chi connectivity index (χ2v) is 6.62. The molecular weight excluding hydrogens is 346 g/mol. The molecule has 0 bridgehead atoms. The van der Waals surface area contributed by atoms with E-state index in [0.717, 1.165) is 31.4 Å². The van der Waals surface area contributed by atoms with Gasteiger partial charge < -0.3 is 9.84 Å². The van der Waals surface area contributed by atoms with Crippen molar-refractivity contribution >= 4 is 5.91 Å². The molecule has 0 aliphatic carbocycles. The first-order chi connectivity index (χ1) is 13.3. The Labute approximate surface area is 156 Å². The predicted molar refractivity (Wildman–Crippen MR) is 94.7 cm³/mol. The third kappa shape index (κ3) is 4.18. The highest BCUT2D eigenvalue weighted by molar-refractivity contribution is 5.82. The highest BCUT2D eigenvalue weighted by atomic mass is 16.5.